The van der Waals surface area contributed by atoms with Crippen LogP contribution in [0.2, 0.25) is 0 Å². The first-order chi connectivity index (χ1) is 8.24. The fourth-order valence-corrected chi connectivity index (χ4v) is 1.45. The normalized spacial score (nSPS) is 10.3. The molecule has 0 spiro atoms. The average molecular weight is 236 g/mol. The van der Waals surface area contributed by atoms with E-state index in [9.17, 15) is 4.39 Å². The Kier molecular flexibility index (Phi) is 3.27. The van der Waals surface area contributed by atoms with Crippen molar-refractivity contribution in [1.29, 1.82) is 0 Å². The fourth-order valence-electron chi connectivity index (χ4n) is 1.45. The summed E-state index contributed by atoms with van der Waals surface area (Å²) in [7, 11) is 1.70. The Morgan fingerprint density at radius 1 is 1.47 bits per heavy atom. The fraction of sp³-hybridized carbons (Fsp3) is 0.250. The highest BCUT2D eigenvalue weighted by Crippen LogP contribution is 2.27. The van der Waals surface area contributed by atoms with Gasteiger partial charge in [0.05, 0.1) is 12.8 Å². The maximum atomic E-state index is 13.6. The first-order valence-corrected chi connectivity index (χ1v) is 5.31. The monoisotopic (exact) mass is 236 g/mol. The smallest absolute Gasteiger partial charge is 0.294 e. The highest BCUT2D eigenvalue weighted by molar-refractivity contribution is 5.59. The zero-order valence-electron chi connectivity index (χ0n) is 9.66. The molecule has 5 heteroatoms. The van der Waals surface area contributed by atoms with E-state index in [2.05, 4.69) is 10.3 Å². The SMILES string of the molecule is CCOc1ccc(-c2cnc(NC)o2)cc1F. The van der Waals surface area contributed by atoms with Gasteiger partial charge in [-0.05, 0) is 25.1 Å². The third-order valence-electron chi connectivity index (χ3n) is 2.24. The van der Waals surface area contributed by atoms with Gasteiger partial charge in [-0.2, -0.15) is 0 Å². The van der Waals surface area contributed by atoms with Gasteiger partial charge in [-0.15, -0.1) is 0 Å². The summed E-state index contributed by atoms with van der Waals surface area (Å²) in [5.41, 5.74) is 0.625. The molecule has 1 heterocycles. The van der Waals surface area contributed by atoms with Crippen LogP contribution in [0.5, 0.6) is 5.75 Å². The molecule has 0 aliphatic heterocycles. The van der Waals surface area contributed by atoms with Gasteiger partial charge in [0.2, 0.25) is 0 Å². The lowest BCUT2D eigenvalue weighted by molar-refractivity contribution is 0.321. The van der Waals surface area contributed by atoms with Gasteiger partial charge in [0.15, 0.2) is 17.3 Å². The van der Waals surface area contributed by atoms with Gasteiger partial charge in [0, 0.05) is 12.6 Å². The third-order valence-corrected chi connectivity index (χ3v) is 2.24. The molecule has 1 N–H and O–H groups in total. The third kappa shape index (κ3) is 2.38. The van der Waals surface area contributed by atoms with Crippen molar-refractivity contribution in [1.82, 2.24) is 4.98 Å². The van der Waals surface area contributed by atoms with Crippen molar-refractivity contribution >= 4 is 6.01 Å². The second kappa shape index (κ2) is 4.86. The Hall–Kier alpha value is -2.04. The van der Waals surface area contributed by atoms with Crippen molar-refractivity contribution in [3.05, 3.63) is 30.2 Å². The second-order valence-electron chi connectivity index (χ2n) is 3.36. The average Bonchev–Trinajstić information content (AvgIpc) is 2.80. The molecule has 0 aliphatic carbocycles. The minimum absolute atomic E-state index is 0.240. The number of aromatic nitrogens is 1. The van der Waals surface area contributed by atoms with Crippen molar-refractivity contribution < 1.29 is 13.5 Å². The Morgan fingerprint density at radius 2 is 2.29 bits per heavy atom. The van der Waals surface area contributed by atoms with E-state index in [0.717, 1.165) is 0 Å². The van der Waals surface area contributed by atoms with Crippen LogP contribution >= 0.6 is 0 Å². The number of ether oxygens (including phenoxy) is 1. The molecule has 0 aliphatic rings. The van der Waals surface area contributed by atoms with E-state index in [4.69, 9.17) is 9.15 Å². The molecule has 2 rings (SSSR count). The lowest BCUT2D eigenvalue weighted by atomic mass is 10.2. The van der Waals surface area contributed by atoms with Crippen molar-refractivity contribution in [3.8, 4) is 17.1 Å². The zero-order chi connectivity index (χ0) is 12.3. The summed E-state index contributed by atoms with van der Waals surface area (Å²) in [6.45, 7) is 2.24. The molecule has 0 saturated carbocycles. The number of nitrogens with zero attached hydrogens (tertiary/aromatic N) is 1. The quantitative estimate of drug-likeness (QED) is 0.886. The Balaban J connectivity index is 2.30. The highest BCUT2D eigenvalue weighted by atomic mass is 19.1. The predicted octanol–water partition coefficient (Wildman–Crippen LogP) is 2.92. The number of hydrogen-bond donors (Lipinski definition) is 1. The number of rotatable bonds is 4. The molecule has 17 heavy (non-hydrogen) atoms. The van der Waals surface area contributed by atoms with E-state index in [1.165, 1.54) is 6.07 Å². The van der Waals surface area contributed by atoms with Gasteiger partial charge < -0.3 is 14.5 Å². The molecule has 4 nitrogen and oxygen atoms in total. The molecule has 0 atom stereocenters. The van der Waals surface area contributed by atoms with Crippen LogP contribution in [0, 0.1) is 5.82 Å². The van der Waals surface area contributed by atoms with Gasteiger partial charge in [-0.25, -0.2) is 9.37 Å². The Bertz CT molecular complexity index is 511. The predicted molar refractivity (Wildman–Crippen MR) is 62.6 cm³/mol. The van der Waals surface area contributed by atoms with Crippen LogP contribution < -0.4 is 10.1 Å². The summed E-state index contributed by atoms with van der Waals surface area (Å²) in [5, 5.41) is 2.77. The van der Waals surface area contributed by atoms with Crippen LogP contribution in [-0.4, -0.2) is 18.6 Å². The van der Waals surface area contributed by atoms with Crippen LogP contribution in [0.1, 0.15) is 6.92 Å². The molecule has 0 amide bonds. The first kappa shape index (κ1) is 11.4. The van der Waals surface area contributed by atoms with Crippen LogP contribution in [0.4, 0.5) is 10.4 Å². The molecule has 90 valence electrons. The van der Waals surface area contributed by atoms with Crippen molar-refractivity contribution in [2.24, 2.45) is 0 Å². The molecular weight excluding hydrogens is 223 g/mol. The number of hydrogen-bond acceptors (Lipinski definition) is 4. The summed E-state index contributed by atoms with van der Waals surface area (Å²) in [6.07, 6.45) is 1.54. The van der Waals surface area contributed by atoms with Gasteiger partial charge in [0.25, 0.3) is 6.01 Å². The molecule has 1 aromatic carbocycles. The summed E-state index contributed by atoms with van der Waals surface area (Å²) in [4.78, 5) is 3.97. The molecule has 0 unspecified atom stereocenters. The number of halogens is 1. The molecular formula is C12H13FN2O2. The maximum absolute atomic E-state index is 13.6. The number of benzene rings is 1. The van der Waals surface area contributed by atoms with Crippen molar-refractivity contribution in [2.75, 3.05) is 19.0 Å². The van der Waals surface area contributed by atoms with Crippen molar-refractivity contribution in [3.63, 3.8) is 0 Å². The topological polar surface area (TPSA) is 47.3 Å². The van der Waals surface area contributed by atoms with Crippen LogP contribution in [0.3, 0.4) is 0 Å². The van der Waals surface area contributed by atoms with E-state index in [1.54, 1.807) is 25.4 Å². The van der Waals surface area contributed by atoms with Crippen LogP contribution in [-0.2, 0) is 0 Å². The maximum Gasteiger partial charge on any atom is 0.294 e. The number of nitrogens with one attached hydrogen (secondary N) is 1. The summed E-state index contributed by atoms with van der Waals surface area (Å²) < 4.78 is 24.1. The van der Waals surface area contributed by atoms with Gasteiger partial charge in [0.1, 0.15) is 0 Å². The molecule has 0 bridgehead atoms. The van der Waals surface area contributed by atoms with Gasteiger partial charge in [-0.3, -0.25) is 0 Å². The molecule has 0 saturated heterocycles. The van der Waals surface area contributed by atoms with Gasteiger partial charge in [-0.1, -0.05) is 0 Å². The summed E-state index contributed by atoms with van der Waals surface area (Å²) in [5.74, 6) is 0.340. The lowest BCUT2D eigenvalue weighted by Gasteiger charge is -2.05. The van der Waals surface area contributed by atoms with Crippen molar-refractivity contribution in [2.45, 2.75) is 6.92 Å². The second-order valence-corrected chi connectivity index (χ2v) is 3.36. The largest absolute Gasteiger partial charge is 0.491 e. The van der Waals surface area contributed by atoms with E-state index < -0.39 is 5.82 Å². The van der Waals surface area contributed by atoms with E-state index in [-0.39, 0.29) is 5.75 Å². The molecule has 0 radical (unpaired) electrons. The number of anilines is 1. The van der Waals surface area contributed by atoms with Crippen LogP contribution in [0.25, 0.3) is 11.3 Å². The summed E-state index contributed by atoms with van der Waals surface area (Å²) >= 11 is 0. The van der Waals surface area contributed by atoms with E-state index in [0.29, 0.717) is 23.9 Å². The zero-order valence-corrected chi connectivity index (χ0v) is 9.66. The minimum Gasteiger partial charge on any atom is -0.491 e. The highest BCUT2D eigenvalue weighted by Gasteiger charge is 2.09. The Labute approximate surface area is 98.4 Å². The molecule has 2 aromatic rings. The number of oxazole rings is 1. The lowest BCUT2D eigenvalue weighted by Crippen LogP contribution is -1.94. The first-order valence-electron chi connectivity index (χ1n) is 5.31. The van der Waals surface area contributed by atoms with Crippen LogP contribution in [0.15, 0.2) is 28.8 Å². The summed E-state index contributed by atoms with van der Waals surface area (Å²) in [6, 6.07) is 5.07. The Morgan fingerprint density at radius 3 is 2.88 bits per heavy atom. The molecule has 1 aromatic heterocycles. The molecule has 0 fully saturated rings. The van der Waals surface area contributed by atoms with E-state index in [1.807, 2.05) is 6.92 Å². The van der Waals surface area contributed by atoms with Gasteiger partial charge >= 0.3 is 0 Å². The standard InChI is InChI=1S/C12H13FN2O2/c1-3-16-10-5-4-8(6-9(10)13)11-7-15-12(14-2)17-11/h4-7H,3H2,1-2H3,(H,14,15). The van der Waals surface area contributed by atoms with E-state index >= 15 is 0 Å². The minimum atomic E-state index is -0.410.